The first-order valence-electron chi connectivity index (χ1n) is 5.39. The van der Waals surface area contributed by atoms with E-state index in [9.17, 15) is 4.79 Å². The second-order valence-corrected chi connectivity index (χ2v) is 6.31. The number of nitrogens with two attached hydrogens (primary N) is 1. The molecule has 0 aliphatic carbocycles. The van der Waals surface area contributed by atoms with Gasteiger partial charge in [0.15, 0.2) is 5.16 Å². The van der Waals surface area contributed by atoms with Crippen molar-refractivity contribution < 1.29 is 0 Å². The number of nitrogen functional groups attached to an aromatic ring is 1. The summed E-state index contributed by atoms with van der Waals surface area (Å²) in [5.41, 5.74) is 6.45. The lowest BCUT2D eigenvalue weighted by atomic mass is 10.3. The average molecular weight is 376 g/mol. The number of H-pyrrole nitrogens is 1. The van der Waals surface area contributed by atoms with Crippen molar-refractivity contribution in [1.29, 1.82) is 0 Å². The zero-order valence-electron chi connectivity index (χ0n) is 9.98. The summed E-state index contributed by atoms with van der Waals surface area (Å²) in [5, 5.41) is 7.12. The van der Waals surface area contributed by atoms with Crippen molar-refractivity contribution in [3.8, 4) is 0 Å². The van der Waals surface area contributed by atoms with Gasteiger partial charge < -0.3 is 5.73 Å². The molecule has 0 aliphatic rings. The fourth-order valence-corrected chi connectivity index (χ4v) is 3.04. The molecule has 0 aliphatic heterocycles. The van der Waals surface area contributed by atoms with Crippen LogP contribution in [0.5, 0.6) is 0 Å². The zero-order valence-corrected chi connectivity index (χ0v) is 12.9. The number of benzene rings is 1. The van der Waals surface area contributed by atoms with Gasteiger partial charge in [-0.2, -0.15) is 0 Å². The molecule has 0 bridgehead atoms. The fraction of sp³-hybridized carbons (Fsp3) is 0.273. The van der Waals surface area contributed by atoms with Crippen LogP contribution in [0.3, 0.4) is 0 Å². The van der Waals surface area contributed by atoms with Crippen molar-refractivity contribution in [3.63, 3.8) is 0 Å². The van der Waals surface area contributed by atoms with E-state index in [0.717, 1.165) is 8.47 Å². The van der Waals surface area contributed by atoms with Gasteiger partial charge in [-0.05, 0) is 66.4 Å². The van der Waals surface area contributed by atoms with Gasteiger partial charge in [-0.15, -0.1) is 5.10 Å². The third kappa shape index (κ3) is 2.72. The minimum absolute atomic E-state index is 0.0591. The summed E-state index contributed by atoms with van der Waals surface area (Å²) in [6.45, 7) is 3.89. The van der Waals surface area contributed by atoms with Crippen molar-refractivity contribution in [3.05, 3.63) is 32.3 Å². The molecule has 1 aromatic carbocycles. The first kappa shape index (κ1) is 13.5. The van der Waals surface area contributed by atoms with E-state index < -0.39 is 0 Å². The molecule has 7 heteroatoms. The molecule has 96 valence electrons. The third-order valence-corrected chi connectivity index (χ3v) is 4.09. The van der Waals surface area contributed by atoms with Crippen LogP contribution in [0.4, 0.5) is 5.69 Å². The Hall–Kier alpha value is -0.960. The van der Waals surface area contributed by atoms with E-state index in [1.165, 1.54) is 11.8 Å². The minimum atomic E-state index is -0.198. The standard InChI is InChI=1S/C11H13IN4OS/c1-6(2)16-10(17)14-15-11(16)18-9-4-3-7(12)5-8(9)13/h3-6H,13H2,1-2H3,(H,14,17). The van der Waals surface area contributed by atoms with E-state index in [0.29, 0.717) is 10.8 Å². The molecular formula is C11H13IN4OS. The monoisotopic (exact) mass is 376 g/mol. The zero-order chi connectivity index (χ0) is 13.3. The van der Waals surface area contributed by atoms with Crippen LogP contribution in [0.15, 0.2) is 33.0 Å². The molecule has 0 saturated heterocycles. The Labute approximate surface area is 122 Å². The highest BCUT2D eigenvalue weighted by molar-refractivity contribution is 14.1. The summed E-state index contributed by atoms with van der Waals surface area (Å²) in [6, 6.07) is 5.87. The SMILES string of the molecule is CC(C)n1c(Sc2ccc(I)cc2N)n[nH]c1=O. The first-order valence-corrected chi connectivity index (χ1v) is 7.28. The molecule has 5 nitrogen and oxygen atoms in total. The van der Waals surface area contributed by atoms with Crippen LogP contribution < -0.4 is 11.4 Å². The average Bonchev–Trinajstić information content (AvgIpc) is 2.64. The van der Waals surface area contributed by atoms with E-state index in [4.69, 9.17) is 5.73 Å². The highest BCUT2D eigenvalue weighted by Gasteiger charge is 2.13. The normalized spacial score (nSPS) is 11.1. The highest BCUT2D eigenvalue weighted by Crippen LogP contribution is 2.31. The molecule has 0 radical (unpaired) electrons. The fourth-order valence-electron chi connectivity index (χ4n) is 1.53. The summed E-state index contributed by atoms with van der Waals surface area (Å²) in [7, 11) is 0. The Morgan fingerprint density at radius 2 is 2.22 bits per heavy atom. The molecular weight excluding hydrogens is 363 g/mol. The number of aromatic nitrogens is 3. The molecule has 0 unspecified atom stereocenters. The Balaban J connectivity index is 2.37. The Bertz CT molecular complexity index is 620. The number of hydrogen-bond donors (Lipinski definition) is 2. The number of aromatic amines is 1. The lowest BCUT2D eigenvalue weighted by molar-refractivity contribution is 0.534. The number of nitrogens with zero attached hydrogens (tertiary/aromatic N) is 2. The van der Waals surface area contributed by atoms with Gasteiger partial charge in [-0.1, -0.05) is 0 Å². The van der Waals surface area contributed by atoms with Crippen LogP contribution in [-0.2, 0) is 0 Å². The van der Waals surface area contributed by atoms with Crippen LogP contribution >= 0.6 is 34.4 Å². The Morgan fingerprint density at radius 1 is 1.50 bits per heavy atom. The van der Waals surface area contributed by atoms with E-state index >= 15 is 0 Å². The van der Waals surface area contributed by atoms with Gasteiger partial charge in [0.1, 0.15) is 0 Å². The summed E-state index contributed by atoms with van der Waals surface area (Å²) < 4.78 is 2.69. The molecule has 1 heterocycles. The number of nitrogens with one attached hydrogen (secondary N) is 1. The summed E-state index contributed by atoms with van der Waals surface area (Å²) in [5.74, 6) is 0. The molecule has 3 N–H and O–H groups in total. The van der Waals surface area contributed by atoms with E-state index in [-0.39, 0.29) is 11.7 Å². The predicted octanol–water partition coefficient (Wildman–Crippen LogP) is 2.49. The number of halogens is 1. The van der Waals surface area contributed by atoms with Crippen LogP contribution in [0.2, 0.25) is 0 Å². The maximum Gasteiger partial charge on any atom is 0.344 e. The number of anilines is 1. The molecule has 1 aromatic heterocycles. The van der Waals surface area contributed by atoms with Crippen molar-refractivity contribution in [2.24, 2.45) is 0 Å². The summed E-state index contributed by atoms with van der Waals surface area (Å²) in [6.07, 6.45) is 0. The van der Waals surface area contributed by atoms with Crippen molar-refractivity contribution in [1.82, 2.24) is 14.8 Å². The van der Waals surface area contributed by atoms with Crippen LogP contribution in [0.1, 0.15) is 19.9 Å². The van der Waals surface area contributed by atoms with Gasteiger partial charge in [0.2, 0.25) is 0 Å². The summed E-state index contributed by atoms with van der Waals surface area (Å²) >= 11 is 3.60. The molecule has 0 saturated carbocycles. The van der Waals surface area contributed by atoms with Crippen molar-refractivity contribution in [2.45, 2.75) is 29.9 Å². The van der Waals surface area contributed by atoms with Crippen LogP contribution in [-0.4, -0.2) is 14.8 Å². The van der Waals surface area contributed by atoms with Gasteiger partial charge in [0.25, 0.3) is 0 Å². The van der Waals surface area contributed by atoms with E-state index in [2.05, 4.69) is 32.8 Å². The molecule has 2 rings (SSSR count). The maximum absolute atomic E-state index is 11.6. The van der Waals surface area contributed by atoms with Gasteiger partial charge in [0, 0.05) is 20.2 Å². The topological polar surface area (TPSA) is 76.7 Å². The number of rotatable bonds is 3. The van der Waals surface area contributed by atoms with E-state index in [1.807, 2.05) is 32.0 Å². The predicted molar refractivity (Wildman–Crippen MR) is 80.9 cm³/mol. The molecule has 0 fully saturated rings. The third-order valence-electron chi connectivity index (χ3n) is 2.36. The van der Waals surface area contributed by atoms with Crippen molar-refractivity contribution in [2.75, 3.05) is 5.73 Å². The Morgan fingerprint density at radius 3 is 2.83 bits per heavy atom. The molecule has 2 aromatic rings. The van der Waals surface area contributed by atoms with E-state index in [1.54, 1.807) is 4.57 Å². The van der Waals surface area contributed by atoms with Gasteiger partial charge in [0.05, 0.1) is 0 Å². The molecule has 0 amide bonds. The largest absolute Gasteiger partial charge is 0.398 e. The van der Waals surface area contributed by atoms with Gasteiger partial charge in [-0.3, -0.25) is 4.57 Å². The van der Waals surface area contributed by atoms with Crippen LogP contribution in [0, 0.1) is 3.57 Å². The van der Waals surface area contributed by atoms with Gasteiger partial charge in [-0.25, -0.2) is 9.89 Å². The lowest BCUT2D eigenvalue weighted by Crippen LogP contribution is -2.19. The molecule has 0 atom stereocenters. The van der Waals surface area contributed by atoms with Crippen LogP contribution in [0.25, 0.3) is 0 Å². The molecule has 0 spiro atoms. The minimum Gasteiger partial charge on any atom is -0.398 e. The van der Waals surface area contributed by atoms with Crippen molar-refractivity contribution >= 4 is 40.0 Å². The maximum atomic E-state index is 11.6. The summed E-state index contributed by atoms with van der Waals surface area (Å²) in [4.78, 5) is 12.5. The smallest absolute Gasteiger partial charge is 0.344 e. The highest BCUT2D eigenvalue weighted by atomic mass is 127. The van der Waals surface area contributed by atoms with Gasteiger partial charge >= 0.3 is 5.69 Å². The lowest BCUT2D eigenvalue weighted by Gasteiger charge is -2.09. The second-order valence-electron chi connectivity index (χ2n) is 4.06. The number of hydrogen-bond acceptors (Lipinski definition) is 4. The second kappa shape index (κ2) is 5.35. The quantitative estimate of drug-likeness (QED) is 0.638. The molecule has 18 heavy (non-hydrogen) atoms. The Kier molecular flexibility index (Phi) is 4.00. The first-order chi connectivity index (χ1) is 8.49.